The van der Waals surface area contributed by atoms with E-state index in [1.165, 1.54) is 0 Å². The molecule has 3 nitrogen and oxygen atoms in total. The smallest absolute Gasteiger partial charge is 0.219 e. The largest absolute Gasteiger partial charge is 0.437 e. The average Bonchev–Trinajstić information content (AvgIpc) is 2.42. The van der Waals surface area contributed by atoms with Gasteiger partial charge in [0.1, 0.15) is 5.75 Å². The van der Waals surface area contributed by atoms with Crippen LogP contribution in [0.25, 0.3) is 0 Å². The van der Waals surface area contributed by atoms with Gasteiger partial charge >= 0.3 is 0 Å². The van der Waals surface area contributed by atoms with Crippen LogP contribution in [0.2, 0.25) is 5.02 Å². The molecule has 0 saturated carbocycles. The molecule has 1 aromatic carbocycles. The van der Waals surface area contributed by atoms with E-state index in [4.69, 9.17) is 16.3 Å². The normalized spacial score (nSPS) is 10.9. The van der Waals surface area contributed by atoms with Crippen LogP contribution in [-0.4, -0.2) is 11.5 Å². The number of hydrogen-bond acceptors (Lipinski definition) is 3. The molecule has 1 aromatic heterocycles. The number of hydrogen-bond donors (Lipinski definition) is 1. The fraction of sp³-hybridized carbons (Fsp3) is 0.353. The minimum absolute atomic E-state index is 0.560. The maximum Gasteiger partial charge on any atom is 0.219 e. The lowest BCUT2D eigenvalue weighted by molar-refractivity contribution is 0.461. The third-order valence-corrected chi connectivity index (χ3v) is 3.28. The molecule has 0 fully saturated rings. The molecule has 0 saturated heterocycles. The molecule has 2 rings (SSSR count). The first-order chi connectivity index (χ1) is 10.0. The van der Waals surface area contributed by atoms with Crippen molar-refractivity contribution >= 4 is 11.6 Å². The van der Waals surface area contributed by atoms with Crippen molar-refractivity contribution in [3.05, 3.63) is 52.7 Å². The fourth-order valence-corrected chi connectivity index (χ4v) is 2.20. The van der Waals surface area contributed by atoms with Gasteiger partial charge in [-0.05, 0) is 48.7 Å². The number of ether oxygens (including phenoxy) is 1. The van der Waals surface area contributed by atoms with Crippen molar-refractivity contribution in [2.75, 3.05) is 6.54 Å². The van der Waals surface area contributed by atoms with E-state index < -0.39 is 0 Å². The lowest BCUT2D eigenvalue weighted by Gasteiger charge is -2.10. The van der Waals surface area contributed by atoms with Crippen LogP contribution in [-0.2, 0) is 6.54 Å². The number of nitrogens with one attached hydrogen (secondary N) is 1. The summed E-state index contributed by atoms with van der Waals surface area (Å²) in [6, 6.07) is 9.63. The van der Waals surface area contributed by atoms with E-state index in [0.717, 1.165) is 24.2 Å². The van der Waals surface area contributed by atoms with Gasteiger partial charge in [-0.15, -0.1) is 0 Å². The van der Waals surface area contributed by atoms with Crippen molar-refractivity contribution in [3.8, 4) is 11.6 Å². The molecule has 0 unspecified atom stereocenters. The average molecular weight is 305 g/mol. The van der Waals surface area contributed by atoms with Crippen LogP contribution in [0, 0.1) is 12.8 Å². The predicted molar refractivity (Wildman–Crippen MR) is 87.0 cm³/mol. The summed E-state index contributed by atoms with van der Waals surface area (Å²) in [7, 11) is 0. The lowest BCUT2D eigenvalue weighted by atomic mass is 10.2. The van der Waals surface area contributed by atoms with Crippen LogP contribution in [0.15, 0.2) is 36.5 Å². The molecule has 0 aliphatic heterocycles. The van der Waals surface area contributed by atoms with Gasteiger partial charge < -0.3 is 10.1 Å². The third kappa shape index (κ3) is 5.03. The Morgan fingerprint density at radius 1 is 1.24 bits per heavy atom. The third-order valence-electron chi connectivity index (χ3n) is 2.98. The number of aryl methyl sites for hydroxylation is 1. The zero-order chi connectivity index (χ0) is 15.2. The van der Waals surface area contributed by atoms with Crippen LogP contribution in [0.3, 0.4) is 0 Å². The molecule has 0 atom stereocenters. The van der Waals surface area contributed by atoms with Gasteiger partial charge in [0.05, 0.1) is 5.02 Å². The minimum Gasteiger partial charge on any atom is -0.437 e. The molecule has 2 aromatic rings. The van der Waals surface area contributed by atoms with E-state index in [2.05, 4.69) is 24.1 Å². The highest BCUT2D eigenvalue weighted by Gasteiger charge is 2.05. The number of nitrogens with zero attached hydrogens (tertiary/aromatic N) is 1. The molecule has 21 heavy (non-hydrogen) atoms. The molecule has 0 aliphatic rings. The molecular weight excluding hydrogens is 284 g/mol. The minimum atomic E-state index is 0.560. The summed E-state index contributed by atoms with van der Waals surface area (Å²) in [5, 5.41) is 4.00. The van der Waals surface area contributed by atoms with E-state index in [0.29, 0.717) is 22.6 Å². The Morgan fingerprint density at radius 2 is 2.05 bits per heavy atom. The molecule has 1 heterocycles. The topological polar surface area (TPSA) is 34.1 Å². The van der Waals surface area contributed by atoms with Gasteiger partial charge in [0.15, 0.2) is 0 Å². The second-order valence-corrected chi connectivity index (χ2v) is 5.97. The molecular formula is C17H21ClN2O. The number of halogens is 1. The van der Waals surface area contributed by atoms with Crippen LogP contribution >= 0.6 is 11.6 Å². The summed E-state index contributed by atoms with van der Waals surface area (Å²) < 4.78 is 5.76. The first-order valence-electron chi connectivity index (χ1n) is 7.14. The van der Waals surface area contributed by atoms with Gasteiger partial charge in [0, 0.05) is 18.8 Å². The maximum absolute atomic E-state index is 6.17. The molecule has 0 bridgehead atoms. The van der Waals surface area contributed by atoms with Gasteiger partial charge in [0.2, 0.25) is 5.88 Å². The highest BCUT2D eigenvalue weighted by Crippen LogP contribution is 2.29. The summed E-state index contributed by atoms with van der Waals surface area (Å²) in [6.07, 6.45) is 1.75. The van der Waals surface area contributed by atoms with E-state index in [1.807, 2.05) is 37.3 Å². The molecule has 4 heteroatoms. The Labute approximate surface area is 131 Å². The van der Waals surface area contributed by atoms with Crippen molar-refractivity contribution in [2.45, 2.75) is 27.3 Å². The maximum atomic E-state index is 6.17. The van der Waals surface area contributed by atoms with Crippen molar-refractivity contribution in [2.24, 2.45) is 5.92 Å². The van der Waals surface area contributed by atoms with Gasteiger partial charge in [-0.3, -0.25) is 0 Å². The molecule has 0 radical (unpaired) electrons. The molecule has 0 aliphatic carbocycles. The second-order valence-electron chi connectivity index (χ2n) is 5.56. The molecule has 1 N–H and O–H groups in total. The molecule has 0 spiro atoms. The summed E-state index contributed by atoms with van der Waals surface area (Å²) in [5.74, 6) is 1.82. The zero-order valence-corrected chi connectivity index (χ0v) is 13.4. The molecule has 0 amide bonds. The summed E-state index contributed by atoms with van der Waals surface area (Å²) in [4.78, 5) is 4.23. The fourth-order valence-electron chi connectivity index (χ4n) is 1.92. The quantitative estimate of drug-likeness (QED) is 0.848. The SMILES string of the molecule is Cc1ccc(Oc2cc(CNCC(C)C)ccn2)c(Cl)c1. The van der Waals surface area contributed by atoms with Gasteiger partial charge in [-0.25, -0.2) is 4.98 Å². The number of aromatic nitrogens is 1. The Hall–Kier alpha value is -1.58. The van der Waals surface area contributed by atoms with Gasteiger partial charge in [-0.2, -0.15) is 0 Å². The van der Waals surface area contributed by atoms with Gasteiger partial charge in [-0.1, -0.05) is 31.5 Å². The molecule has 112 valence electrons. The predicted octanol–water partition coefficient (Wildman–Crippen LogP) is 4.58. The van der Waals surface area contributed by atoms with E-state index in [-0.39, 0.29) is 0 Å². The summed E-state index contributed by atoms with van der Waals surface area (Å²) >= 11 is 6.17. The van der Waals surface area contributed by atoms with Crippen LogP contribution in [0.4, 0.5) is 0 Å². The van der Waals surface area contributed by atoms with E-state index in [1.54, 1.807) is 6.20 Å². The van der Waals surface area contributed by atoms with Crippen LogP contribution < -0.4 is 10.1 Å². The highest BCUT2D eigenvalue weighted by atomic mass is 35.5. The second kappa shape index (κ2) is 7.43. The van der Waals surface area contributed by atoms with Crippen molar-refractivity contribution in [1.29, 1.82) is 0 Å². The Balaban J connectivity index is 2.03. The number of benzene rings is 1. The monoisotopic (exact) mass is 304 g/mol. The van der Waals surface area contributed by atoms with E-state index >= 15 is 0 Å². The van der Waals surface area contributed by atoms with Crippen molar-refractivity contribution < 1.29 is 4.74 Å². The van der Waals surface area contributed by atoms with Crippen LogP contribution in [0.5, 0.6) is 11.6 Å². The van der Waals surface area contributed by atoms with Crippen molar-refractivity contribution in [3.63, 3.8) is 0 Å². The Bertz CT molecular complexity index is 599. The first-order valence-corrected chi connectivity index (χ1v) is 7.52. The number of rotatable bonds is 6. The number of pyridine rings is 1. The Morgan fingerprint density at radius 3 is 2.76 bits per heavy atom. The summed E-state index contributed by atoms with van der Waals surface area (Å²) in [6.45, 7) is 8.16. The van der Waals surface area contributed by atoms with Crippen LogP contribution in [0.1, 0.15) is 25.0 Å². The Kier molecular flexibility index (Phi) is 5.59. The standard InChI is InChI=1S/C17H21ClN2O/c1-12(2)10-19-11-14-6-7-20-17(9-14)21-16-5-4-13(3)8-15(16)18/h4-9,12,19H,10-11H2,1-3H3. The zero-order valence-electron chi connectivity index (χ0n) is 12.7. The highest BCUT2D eigenvalue weighted by molar-refractivity contribution is 6.32. The van der Waals surface area contributed by atoms with Gasteiger partial charge in [0.25, 0.3) is 0 Å². The van der Waals surface area contributed by atoms with Crippen molar-refractivity contribution in [1.82, 2.24) is 10.3 Å². The van der Waals surface area contributed by atoms with E-state index in [9.17, 15) is 0 Å². The first kappa shape index (κ1) is 15.8. The lowest BCUT2D eigenvalue weighted by Crippen LogP contribution is -2.18. The summed E-state index contributed by atoms with van der Waals surface area (Å²) in [5.41, 5.74) is 2.25.